The van der Waals surface area contributed by atoms with Crippen molar-refractivity contribution in [2.24, 2.45) is 0 Å². The first-order valence-corrected chi connectivity index (χ1v) is 8.13. The van der Waals surface area contributed by atoms with Gasteiger partial charge in [-0.25, -0.2) is 0 Å². The van der Waals surface area contributed by atoms with Gasteiger partial charge in [-0.05, 0) is 42.0 Å². The van der Waals surface area contributed by atoms with E-state index in [0.717, 1.165) is 34.5 Å². The molecule has 2 aromatic carbocycles. The van der Waals surface area contributed by atoms with E-state index in [9.17, 15) is 4.79 Å². The van der Waals surface area contributed by atoms with Gasteiger partial charge in [0.25, 0.3) is 5.91 Å². The maximum Gasteiger partial charge on any atom is 0.262 e. The number of hydrogen-bond donors (Lipinski definition) is 1. The van der Waals surface area contributed by atoms with Crippen molar-refractivity contribution in [3.05, 3.63) is 59.2 Å². The second-order valence-corrected chi connectivity index (χ2v) is 5.99. The van der Waals surface area contributed by atoms with Crippen molar-refractivity contribution in [1.29, 1.82) is 0 Å². The molecule has 0 atom stereocenters. The van der Waals surface area contributed by atoms with Crippen LogP contribution in [0.15, 0.2) is 42.5 Å². The number of rotatable bonds is 6. The number of ether oxygens (including phenoxy) is 1. The summed E-state index contributed by atoms with van der Waals surface area (Å²) in [6.45, 7) is 8.35. The molecule has 0 aliphatic heterocycles. The number of benzene rings is 2. The van der Waals surface area contributed by atoms with E-state index in [1.807, 2.05) is 43.3 Å². The average molecular weight is 311 g/mol. The van der Waals surface area contributed by atoms with Gasteiger partial charge in [0.1, 0.15) is 5.75 Å². The average Bonchev–Trinajstić information content (AvgIpc) is 2.54. The van der Waals surface area contributed by atoms with Gasteiger partial charge in [0.05, 0.1) is 0 Å². The Morgan fingerprint density at radius 1 is 1.13 bits per heavy atom. The lowest BCUT2D eigenvalue weighted by Crippen LogP contribution is -2.22. The van der Waals surface area contributed by atoms with Gasteiger partial charge in [-0.2, -0.15) is 0 Å². The molecular formula is C20H25NO2. The number of aryl methyl sites for hydroxylation is 2. The van der Waals surface area contributed by atoms with Gasteiger partial charge in [0.15, 0.2) is 6.61 Å². The van der Waals surface area contributed by atoms with E-state index >= 15 is 0 Å². The first-order chi connectivity index (χ1) is 11.0. The van der Waals surface area contributed by atoms with Crippen molar-refractivity contribution in [3.8, 4) is 5.75 Å². The smallest absolute Gasteiger partial charge is 0.262 e. The fourth-order valence-electron chi connectivity index (χ4n) is 2.60. The van der Waals surface area contributed by atoms with Crippen LogP contribution in [0.5, 0.6) is 5.75 Å². The third kappa shape index (κ3) is 4.35. The van der Waals surface area contributed by atoms with Gasteiger partial charge in [0, 0.05) is 5.69 Å². The molecule has 122 valence electrons. The summed E-state index contributed by atoms with van der Waals surface area (Å²) in [6, 6.07) is 13.9. The fourth-order valence-corrected chi connectivity index (χ4v) is 2.60. The van der Waals surface area contributed by atoms with Crippen LogP contribution in [-0.2, 0) is 11.2 Å². The Bertz CT molecular complexity index is 677. The fraction of sp³-hybridized carbons (Fsp3) is 0.350. The molecular weight excluding hydrogens is 286 g/mol. The minimum atomic E-state index is -0.132. The molecule has 0 radical (unpaired) electrons. The Labute approximate surface area is 138 Å². The van der Waals surface area contributed by atoms with Crippen molar-refractivity contribution in [1.82, 2.24) is 0 Å². The lowest BCUT2D eigenvalue weighted by atomic mass is 9.98. The summed E-state index contributed by atoms with van der Waals surface area (Å²) < 4.78 is 5.69. The molecule has 1 amide bonds. The van der Waals surface area contributed by atoms with Gasteiger partial charge < -0.3 is 10.1 Å². The molecule has 0 saturated carbocycles. The molecule has 2 aromatic rings. The third-order valence-corrected chi connectivity index (χ3v) is 3.90. The molecule has 1 N–H and O–H groups in total. The number of amides is 1. The summed E-state index contributed by atoms with van der Waals surface area (Å²) >= 11 is 0. The van der Waals surface area contributed by atoms with Crippen LogP contribution < -0.4 is 10.1 Å². The van der Waals surface area contributed by atoms with Crippen LogP contribution in [0.25, 0.3) is 0 Å². The second kappa shape index (κ2) is 7.82. The Morgan fingerprint density at radius 2 is 1.87 bits per heavy atom. The lowest BCUT2D eigenvalue weighted by molar-refractivity contribution is -0.118. The van der Waals surface area contributed by atoms with E-state index in [0.29, 0.717) is 5.92 Å². The number of para-hydroxylation sites is 2. The highest BCUT2D eigenvalue weighted by Gasteiger charge is 2.12. The van der Waals surface area contributed by atoms with Crippen molar-refractivity contribution >= 4 is 11.6 Å². The molecule has 3 heteroatoms. The van der Waals surface area contributed by atoms with E-state index in [2.05, 4.69) is 32.2 Å². The van der Waals surface area contributed by atoms with Crippen LogP contribution in [0.1, 0.15) is 43.4 Å². The monoisotopic (exact) mass is 311 g/mol. The van der Waals surface area contributed by atoms with Gasteiger partial charge in [0.2, 0.25) is 0 Å². The molecule has 23 heavy (non-hydrogen) atoms. The Kier molecular flexibility index (Phi) is 5.80. The second-order valence-electron chi connectivity index (χ2n) is 5.99. The van der Waals surface area contributed by atoms with Crippen LogP contribution in [-0.4, -0.2) is 12.5 Å². The maximum atomic E-state index is 12.3. The van der Waals surface area contributed by atoms with Crippen LogP contribution in [0, 0.1) is 6.92 Å². The van der Waals surface area contributed by atoms with Crippen molar-refractivity contribution in [2.45, 2.75) is 40.0 Å². The number of hydrogen-bond acceptors (Lipinski definition) is 2. The molecule has 3 nitrogen and oxygen atoms in total. The van der Waals surface area contributed by atoms with E-state index < -0.39 is 0 Å². The standard InChI is InChI=1S/C20H25NO2/c1-5-16-10-6-7-12-18(16)23-13-19(22)21-20-15(4)9-8-11-17(20)14(2)3/h6-12,14H,5,13H2,1-4H3,(H,21,22). The minimum absolute atomic E-state index is 0.0167. The van der Waals surface area contributed by atoms with E-state index in [4.69, 9.17) is 4.74 Å². The Hall–Kier alpha value is -2.29. The van der Waals surface area contributed by atoms with Crippen molar-refractivity contribution in [3.63, 3.8) is 0 Å². The third-order valence-electron chi connectivity index (χ3n) is 3.90. The first kappa shape index (κ1) is 17.1. The summed E-state index contributed by atoms with van der Waals surface area (Å²) in [5.74, 6) is 0.998. The Balaban J connectivity index is 2.06. The molecule has 0 bridgehead atoms. The number of carbonyl (C=O) groups excluding carboxylic acids is 1. The van der Waals surface area contributed by atoms with Gasteiger partial charge in [-0.3, -0.25) is 4.79 Å². The quantitative estimate of drug-likeness (QED) is 0.840. The van der Waals surface area contributed by atoms with Gasteiger partial charge >= 0.3 is 0 Å². The summed E-state index contributed by atoms with van der Waals surface area (Å²) in [5, 5.41) is 3.00. The molecule has 0 saturated heterocycles. The summed E-state index contributed by atoms with van der Waals surface area (Å²) in [7, 11) is 0. The predicted molar refractivity (Wildman–Crippen MR) is 95.2 cm³/mol. The highest BCUT2D eigenvalue weighted by Crippen LogP contribution is 2.27. The van der Waals surface area contributed by atoms with E-state index in [-0.39, 0.29) is 12.5 Å². The molecule has 0 heterocycles. The highest BCUT2D eigenvalue weighted by molar-refractivity contribution is 5.93. The molecule has 0 unspecified atom stereocenters. The normalized spacial score (nSPS) is 10.7. The number of nitrogens with one attached hydrogen (secondary N) is 1. The van der Waals surface area contributed by atoms with Crippen LogP contribution >= 0.6 is 0 Å². The van der Waals surface area contributed by atoms with Crippen LogP contribution in [0.4, 0.5) is 5.69 Å². The minimum Gasteiger partial charge on any atom is -0.483 e. The molecule has 0 aliphatic carbocycles. The zero-order valence-electron chi connectivity index (χ0n) is 14.3. The summed E-state index contributed by atoms with van der Waals surface area (Å²) in [5.41, 5.74) is 4.23. The largest absolute Gasteiger partial charge is 0.483 e. The molecule has 0 aliphatic rings. The van der Waals surface area contributed by atoms with Gasteiger partial charge in [-0.1, -0.05) is 57.2 Å². The van der Waals surface area contributed by atoms with Crippen molar-refractivity contribution in [2.75, 3.05) is 11.9 Å². The first-order valence-electron chi connectivity index (χ1n) is 8.13. The van der Waals surface area contributed by atoms with E-state index in [1.165, 1.54) is 0 Å². The van der Waals surface area contributed by atoms with Crippen LogP contribution in [0.3, 0.4) is 0 Å². The van der Waals surface area contributed by atoms with E-state index in [1.54, 1.807) is 0 Å². The molecule has 2 rings (SSSR count). The maximum absolute atomic E-state index is 12.3. The number of carbonyl (C=O) groups is 1. The number of anilines is 1. The van der Waals surface area contributed by atoms with Crippen LogP contribution in [0.2, 0.25) is 0 Å². The Morgan fingerprint density at radius 3 is 2.57 bits per heavy atom. The molecule has 0 fully saturated rings. The predicted octanol–water partition coefficient (Wildman–Crippen LogP) is 4.70. The molecule has 0 aromatic heterocycles. The summed E-state index contributed by atoms with van der Waals surface area (Å²) in [6.07, 6.45) is 0.882. The zero-order chi connectivity index (χ0) is 16.8. The summed E-state index contributed by atoms with van der Waals surface area (Å²) in [4.78, 5) is 12.3. The highest BCUT2D eigenvalue weighted by atomic mass is 16.5. The molecule has 0 spiro atoms. The van der Waals surface area contributed by atoms with Crippen molar-refractivity contribution < 1.29 is 9.53 Å². The van der Waals surface area contributed by atoms with Gasteiger partial charge in [-0.15, -0.1) is 0 Å². The SMILES string of the molecule is CCc1ccccc1OCC(=O)Nc1c(C)cccc1C(C)C. The lowest BCUT2D eigenvalue weighted by Gasteiger charge is -2.17. The topological polar surface area (TPSA) is 38.3 Å². The zero-order valence-corrected chi connectivity index (χ0v) is 14.3.